The fraction of sp³-hybridized carbons (Fsp3) is 0.333. The molecule has 2 aromatic rings. The van der Waals surface area contributed by atoms with Crippen LogP contribution in [0.1, 0.15) is 36.4 Å². The number of benzene rings is 1. The van der Waals surface area contributed by atoms with E-state index in [1.165, 1.54) is 0 Å². The number of halogens is 4. The maximum absolute atomic E-state index is 12.3. The molecule has 0 saturated heterocycles. The van der Waals surface area contributed by atoms with Crippen LogP contribution >= 0.6 is 23.5 Å². The molecule has 9 heteroatoms. The molecule has 2 aliphatic rings. The van der Waals surface area contributed by atoms with Crippen molar-refractivity contribution in [3.05, 3.63) is 58.9 Å². The van der Waals surface area contributed by atoms with Crippen molar-refractivity contribution in [2.75, 3.05) is 11.4 Å². The van der Waals surface area contributed by atoms with Crippen LogP contribution in [0.5, 0.6) is 0 Å². The Morgan fingerprint density at radius 3 is 2.60 bits per heavy atom. The number of aromatic nitrogens is 1. The zero-order valence-electron chi connectivity index (χ0n) is 15.8. The second-order valence-electron chi connectivity index (χ2n) is 7.23. The van der Waals surface area contributed by atoms with E-state index in [-0.39, 0.29) is 0 Å². The Morgan fingerprint density at radius 2 is 2.00 bits per heavy atom. The van der Waals surface area contributed by atoms with Gasteiger partial charge in [0.15, 0.2) is 0 Å². The minimum absolute atomic E-state index is 0.303. The van der Waals surface area contributed by atoms with E-state index >= 15 is 0 Å². The summed E-state index contributed by atoms with van der Waals surface area (Å²) in [5, 5.41) is 10.2. The number of nitriles is 1. The summed E-state index contributed by atoms with van der Waals surface area (Å²) >= 11 is 7.15. The van der Waals surface area contributed by atoms with Crippen LogP contribution in [-0.4, -0.2) is 23.7 Å². The highest BCUT2D eigenvalue weighted by atomic mass is 35.5. The third kappa shape index (κ3) is 4.43. The first-order valence-corrected chi connectivity index (χ1v) is 10.7. The van der Waals surface area contributed by atoms with Crippen LogP contribution in [0.2, 0.25) is 5.02 Å². The number of rotatable bonds is 5. The molecule has 0 spiro atoms. The minimum atomic E-state index is -4.25. The van der Waals surface area contributed by atoms with Gasteiger partial charge in [0.05, 0.1) is 22.5 Å². The number of hydrogen-bond acceptors (Lipinski definition) is 5. The second-order valence-corrected chi connectivity index (χ2v) is 8.63. The molecule has 1 unspecified atom stereocenters. The Kier molecular flexibility index (Phi) is 5.96. The summed E-state index contributed by atoms with van der Waals surface area (Å²) in [6, 6.07) is 11.7. The van der Waals surface area contributed by atoms with Gasteiger partial charge in [-0.15, -0.1) is 0 Å². The normalized spacial score (nSPS) is 19.0. The molecule has 0 amide bonds. The Hall–Kier alpha value is -2.21. The molecular formula is C21H18ClF3N4S. The van der Waals surface area contributed by atoms with Crippen molar-refractivity contribution in [2.45, 2.75) is 42.3 Å². The highest BCUT2D eigenvalue weighted by Gasteiger charge is 2.35. The summed E-state index contributed by atoms with van der Waals surface area (Å²) in [6.45, 7) is -1.06. The van der Waals surface area contributed by atoms with Gasteiger partial charge in [0.1, 0.15) is 12.5 Å². The first-order chi connectivity index (χ1) is 14.4. The average molecular weight is 451 g/mol. The van der Waals surface area contributed by atoms with Crippen LogP contribution in [0.25, 0.3) is 5.70 Å². The van der Waals surface area contributed by atoms with Gasteiger partial charge in [-0.1, -0.05) is 23.7 Å². The second kappa shape index (κ2) is 8.50. The molecule has 1 aromatic carbocycles. The molecular weight excluding hydrogens is 433 g/mol. The van der Waals surface area contributed by atoms with E-state index in [1.807, 2.05) is 24.3 Å². The molecule has 4 rings (SSSR count). The van der Waals surface area contributed by atoms with Crippen molar-refractivity contribution < 1.29 is 13.2 Å². The predicted molar refractivity (Wildman–Crippen MR) is 112 cm³/mol. The van der Waals surface area contributed by atoms with E-state index in [0.29, 0.717) is 21.7 Å². The smallest absolute Gasteiger partial charge is 0.337 e. The Bertz CT molecular complexity index is 997. The highest BCUT2D eigenvalue weighted by Crippen LogP contribution is 2.44. The van der Waals surface area contributed by atoms with Crippen LogP contribution in [0.3, 0.4) is 0 Å². The van der Waals surface area contributed by atoms with E-state index in [0.717, 1.165) is 48.2 Å². The largest absolute Gasteiger partial charge is 0.402 e. The third-order valence-corrected chi connectivity index (χ3v) is 6.20. The molecule has 1 aliphatic heterocycles. The molecule has 4 nitrogen and oxygen atoms in total. The molecule has 156 valence electrons. The van der Waals surface area contributed by atoms with Crippen molar-refractivity contribution in [2.24, 2.45) is 0 Å². The molecule has 1 N–H and O–H groups in total. The quantitative estimate of drug-likeness (QED) is 0.573. The lowest BCUT2D eigenvalue weighted by atomic mass is 9.86. The van der Waals surface area contributed by atoms with Gasteiger partial charge in [-0.25, -0.2) is 0 Å². The maximum Gasteiger partial charge on any atom is 0.402 e. The van der Waals surface area contributed by atoms with Gasteiger partial charge >= 0.3 is 6.18 Å². The van der Waals surface area contributed by atoms with Gasteiger partial charge in [-0.05, 0) is 61.0 Å². The van der Waals surface area contributed by atoms with Crippen molar-refractivity contribution in [1.82, 2.24) is 9.71 Å². The zero-order valence-corrected chi connectivity index (χ0v) is 17.4. The van der Waals surface area contributed by atoms with Gasteiger partial charge in [0.25, 0.3) is 0 Å². The number of hydrogen-bond donors (Lipinski definition) is 1. The van der Waals surface area contributed by atoms with E-state index in [1.54, 1.807) is 18.3 Å². The summed E-state index contributed by atoms with van der Waals surface area (Å²) in [5.41, 5.74) is 3.35. The number of nitrogens with one attached hydrogen (secondary N) is 1. The van der Waals surface area contributed by atoms with Gasteiger partial charge in [0, 0.05) is 22.8 Å². The van der Waals surface area contributed by atoms with Gasteiger partial charge < -0.3 is 4.90 Å². The summed E-state index contributed by atoms with van der Waals surface area (Å²) in [5.74, 6) is -0.494. The standard InChI is InChI=1S/C21H18ClF3N4S/c22-15-9-19-20(27-11-15)14(10-26)8-18(29(19)16-2-1-3-16)13-4-6-17(7-5-13)30-28-12-21(23,24)25/h4-9,11,14,16,28H,1-3,12H2. The monoisotopic (exact) mass is 450 g/mol. The van der Waals surface area contributed by atoms with Gasteiger partial charge in [0.2, 0.25) is 0 Å². The van der Waals surface area contributed by atoms with Crippen LogP contribution in [-0.2, 0) is 0 Å². The Labute approximate surface area is 181 Å². The molecule has 2 heterocycles. The minimum Gasteiger partial charge on any atom is -0.337 e. The van der Waals surface area contributed by atoms with E-state index in [9.17, 15) is 18.4 Å². The van der Waals surface area contributed by atoms with Crippen LogP contribution in [0.15, 0.2) is 47.5 Å². The zero-order chi connectivity index (χ0) is 21.3. The molecule has 1 fully saturated rings. The van der Waals surface area contributed by atoms with E-state index in [2.05, 4.69) is 20.7 Å². The van der Waals surface area contributed by atoms with Crippen LogP contribution in [0, 0.1) is 11.3 Å². The summed E-state index contributed by atoms with van der Waals surface area (Å²) in [6.07, 6.45) is 2.43. The summed E-state index contributed by atoms with van der Waals surface area (Å²) in [7, 11) is 0. The number of alkyl halides is 3. The lowest BCUT2D eigenvalue weighted by molar-refractivity contribution is -0.120. The highest BCUT2D eigenvalue weighted by molar-refractivity contribution is 7.97. The number of nitrogens with zero attached hydrogens (tertiary/aromatic N) is 3. The SMILES string of the molecule is N#CC1C=C(c2ccc(SNCC(F)(F)F)cc2)N(C2CCC2)c2cc(Cl)cnc21. The lowest BCUT2D eigenvalue weighted by Crippen LogP contribution is -2.41. The first-order valence-electron chi connectivity index (χ1n) is 9.49. The summed E-state index contributed by atoms with van der Waals surface area (Å²) < 4.78 is 39.3. The van der Waals surface area contributed by atoms with Crippen LogP contribution in [0.4, 0.5) is 18.9 Å². The number of fused-ring (bicyclic) bond motifs is 1. The molecule has 1 saturated carbocycles. The first kappa shape index (κ1) is 21.0. The average Bonchev–Trinajstić information content (AvgIpc) is 2.66. The van der Waals surface area contributed by atoms with Crippen molar-refractivity contribution >= 4 is 34.9 Å². The van der Waals surface area contributed by atoms with Gasteiger partial charge in [-0.2, -0.15) is 18.4 Å². The van der Waals surface area contributed by atoms with Crippen molar-refractivity contribution in [3.8, 4) is 6.07 Å². The molecule has 0 radical (unpaired) electrons. The molecule has 1 aromatic heterocycles. The predicted octanol–water partition coefficient (Wildman–Crippen LogP) is 5.91. The molecule has 1 atom stereocenters. The van der Waals surface area contributed by atoms with Gasteiger partial charge in [-0.3, -0.25) is 9.71 Å². The molecule has 0 bridgehead atoms. The topological polar surface area (TPSA) is 52.0 Å². The van der Waals surface area contributed by atoms with E-state index in [4.69, 9.17) is 11.6 Å². The Balaban J connectivity index is 1.63. The third-order valence-electron chi connectivity index (χ3n) is 5.19. The van der Waals surface area contributed by atoms with Crippen LogP contribution < -0.4 is 9.62 Å². The molecule has 30 heavy (non-hydrogen) atoms. The molecule has 1 aliphatic carbocycles. The number of pyridine rings is 1. The maximum atomic E-state index is 12.3. The fourth-order valence-corrected chi connectivity index (χ4v) is 4.41. The fourth-order valence-electron chi connectivity index (χ4n) is 3.59. The lowest BCUT2D eigenvalue weighted by Gasteiger charge is -2.43. The van der Waals surface area contributed by atoms with E-state index < -0.39 is 18.6 Å². The van der Waals surface area contributed by atoms with Crippen molar-refractivity contribution in [3.63, 3.8) is 0 Å². The van der Waals surface area contributed by atoms with Crippen molar-refractivity contribution in [1.29, 1.82) is 5.26 Å². The number of allylic oxidation sites excluding steroid dienone is 1. The number of anilines is 1. The summed E-state index contributed by atoms with van der Waals surface area (Å²) in [4.78, 5) is 7.30. The Morgan fingerprint density at radius 1 is 1.27 bits per heavy atom.